The molecule has 0 aliphatic carbocycles. The maximum absolute atomic E-state index is 12.3. The summed E-state index contributed by atoms with van der Waals surface area (Å²) < 4.78 is 0. The van der Waals surface area contributed by atoms with Crippen LogP contribution in [0.1, 0.15) is 26.7 Å². The van der Waals surface area contributed by atoms with E-state index in [9.17, 15) is 9.59 Å². The Hall–Kier alpha value is -2.04. The van der Waals surface area contributed by atoms with Gasteiger partial charge in [-0.1, -0.05) is 18.2 Å². The largest absolute Gasteiger partial charge is 0.352 e. The molecule has 2 N–H and O–H groups in total. The first-order chi connectivity index (χ1) is 9.58. The number of amides is 3. The zero-order valence-electron chi connectivity index (χ0n) is 11.9. The molecule has 3 amide bonds. The standard InChI is InChI=1S/C15H21N3O2/c1-11(2)16-14(19)13-9-6-10-18(13)15(20)17-12-7-4-3-5-8-12/h3-5,7-8,11,13H,6,9-10H2,1-2H3,(H,16,19)(H,17,20)/t13-/m1/s1. The molecule has 1 saturated heterocycles. The summed E-state index contributed by atoms with van der Waals surface area (Å²) in [5.74, 6) is -0.0688. The fraction of sp³-hybridized carbons (Fsp3) is 0.467. The van der Waals surface area contributed by atoms with E-state index in [4.69, 9.17) is 0 Å². The Morgan fingerprint density at radius 3 is 2.60 bits per heavy atom. The van der Waals surface area contributed by atoms with Gasteiger partial charge in [-0.25, -0.2) is 4.79 Å². The molecular formula is C15H21N3O2. The van der Waals surface area contributed by atoms with Crippen molar-refractivity contribution in [3.8, 4) is 0 Å². The van der Waals surface area contributed by atoms with Gasteiger partial charge in [0.25, 0.3) is 0 Å². The maximum atomic E-state index is 12.3. The number of para-hydroxylation sites is 1. The van der Waals surface area contributed by atoms with E-state index in [2.05, 4.69) is 10.6 Å². The van der Waals surface area contributed by atoms with E-state index in [1.54, 1.807) is 4.90 Å². The zero-order chi connectivity index (χ0) is 14.5. The van der Waals surface area contributed by atoms with Crippen LogP contribution in [0.2, 0.25) is 0 Å². The number of likely N-dealkylation sites (tertiary alicyclic amines) is 1. The third kappa shape index (κ3) is 3.50. The number of urea groups is 1. The lowest BCUT2D eigenvalue weighted by atomic mass is 10.2. The third-order valence-electron chi connectivity index (χ3n) is 3.27. The van der Waals surface area contributed by atoms with Gasteiger partial charge < -0.3 is 15.5 Å². The summed E-state index contributed by atoms with van der Waals surface area (Å²) >= 11 is 0. The number of carbonyl (C=O) groups excluding carboxylic acids is 2. The molecule has 0 aromatic heterocycles. The smallest absolute Gasteiger partial charge is 0.322 e. The molecule has 1 fully saturated rings. The molecule has 20 heavy (non-hydrogen) atoms. The van der Waals surface area contributed by atoms with Gasteiger partial charge in [-0.15, -0.1) is 0 Å². The summed E-state index contributed by atoms with van der Waals surface area (Å²) in [6.07, 6.45) is 1.58. The molecule has 0 unspecified atom stereocenters. The highest BCUT2D eigenvalue weighted by Gasteiger charge is 2.34. The molecule has 1 aliphatic heterocycles. The van der Waals surface area contributed by atoms with Crippen molar-refractivity contribution >= 4 is 17.6 Å². The Morgan fingerprint density at radius 2 is 1.95 bits per heavy atom. The zero-order valence-corrected chi connectivity index (χ0v) is 11.9. The Labute approximate surface area is 119 Å². The molecule has 0 radical (unpaired) electrons. The quantitative estimate of drug-likeness (QED) is 0.888. The monoisotopic (exact) mass is 275 g/mol. The molecule has 1 atom stereocenters. The lowest BCUT2D eigenvalue weighted by molar-refractivity contribution is -0.125. The van der Waals surface area contributed by atoms with Crippen LogP contribution in [0.3, 0.4) is 0 Å². The van der Waals surface area contributed by atoms with Crippen LogP contribution in [0.5, 0.6) is 0 Å². The molecule has 0 saturated carbocycles. The van der Waals surface area contributed by atoms with Crippen molar-refractivity contribution in [1.82, 2.24) is 10.2 Å². The Bertz CT molecular complexity index is 473. The lowest BCUT2D eigenvalue weighted by Crippen LogP contribution is -2.48. The summed E-state index contributed by atoms with van der Waals surface area (Å²) in [4.78, 5) is 26.0. The van der Waals surface area contributed by atoms with Gasteiger partial charge >= 0.3 is 6.03 Å². The highest BCUT2D eigenvalue weighted by molar-refractivity contribution is 5.94. The molecule has 1 aliphatic rings. The van der Waals surface area contributed by atoms with Gasteiger partial charge in [0.15, 0.2) is 0 Å². The third-order valence-corrected chi connectivity index (χ3v) is 3.27. The van der Waals surface area contributed by atoms with Crippen molar-refractivity contribution in [3.05, 3.63) is 30.3 Å². The average Bonchev–Trinajstić information content (AvgIpc) is 2.88. The number of hydrogen-bond acceptors (Lipinski definition) is 2. The van der Waals surface area contributed by atoms with Crippen LogP contribution in [0.4, 0.5) is 10.5 Å². The minimum absolute atomic E-state index is 0.0688. The number of nitrogens with zero attached hydrogens (tertiary/aromatic N) is 1. The lowest BCUT2D eigenvalue weighted by Gasteiger charge is -2.25. The Kier molecular flexibility index (Phi) is 4.61. The van der Waals surface area contributed by atoms with E-state index in [0.29, 0.717) is 6.54 Å². The van der Waals surface area contributed by atoms with E-state index in [1.807, 2.05) is 44.2 Å². The van der Waals surface area contributed by atoms with Gasteiger partial charge in [0.05, 0.1) is 0 Å². The van der Waals surface area contributed by atoms with Crippen molar-refractivity contribution in [2.75, 3.05) is 11.9 Å². The molecule has 0 bridgehead atoms. The van der Waals surface area contributed by atoms with Crippen LogP contribution in [-0.4, -0.2) is 35.5 Å². The fourth-order valence-electron chi connectivity index (χ4n) is 2.38. The number of hydrogen-bond donors (Lipinski definition) is 2. The molecule has 1 aromatic carbocycles. The fourth-order valence-corrected chi connectivity index (χ4v) is 2.38. The molecule has 1 heterocycles. The summed E-state index contributed by atoms with van der Waals surface area (Å²) in [6.45, 7) is 4.46. The average molecular weight is 275 g/mol. The number of anilines is 1. The van der Waals surface area contributed by atoms with Gasteiger partial charge in [0.2, 0.25) is 5.91 Å². The van der Waals surface area contributed by atoms with Gasteiger partial charge in [-0.05, 0) is 38.8 Å². The van der Waals surface area contributed by atoms with Crippen molar-refractivity contribution in [3.63, 3.8) is 0 Å². The molecular weight excluding hydrogens is 254 g/mol. The van der Waals surface area contributed by atoms with Gasteiger partial charge in [-0.3, -0.25) is 4.79 Å². The number of rotatable bonds is 3. The molecule has 0 spiro atoms. The Balaban J connectivity index is 1.99. The number of benzene rings is 1. The van der Waals surface area contributed by atoms with E-state index in [-0.39, 0.29) is 24.0 Å². The van der Waals surface area contributed by atoms with Crippen LogP contribution in [0.15, 0.2) is 30.3 Å². The highest BCUT2D eigenvalue weighted by atomic mass is 16.2. The molecule has 5 nitrogen and oxygen atoms in total. The van der Waals surface area contributed by atoms with Crippen LogP contribution >= 0.6 is 0 Å². The summed E-state index contributed by atoms with van der Waals surface area (Å²) in [7, 11) is 0. The molecule has 2 rings (SSSR count). The summed E-state index contributed by atoms with van der Waals surface area (Å²) in [6, 6.07) is 8.80. The molecule has 108 valence electrons. The highest BCUT2D eigenvalue weighted by Crippen LogP contribution is 2.19. The van der Waals surface area contributed by atoms with Gasteiger partial charge in [0.1, 0.15) is 6.04 Å². The second kappa shape index (κ2) is 6.41. The van der Waals surface area contributed by atoms with E-state index < -0.39 is 0 Å². The second-order valence-corrected chi connectivity index (χ2v) is 5.31. The predicted octanol–water partition coefficient (Wildman–Crippen LogP) is 2.21. The second-order valence-electron chi connectivity index (χ2n) is 5.31. The van der Waals surface area contributed by atoms with Crippen molar-refractivity contribution < 1.29 is 9.59 Å². The van der Waals surface area contributed by atoms with Crippen LogP contribution in [0, 0.1) is 0 Å². The van der Waals surface area contributed by atoms with Crippen LogP contribution < -0.4 is 10.6 Å². The van der Waals surface area contributed by atoms with Crippen molar-refractivity contribution in [2.24, 2.45) is 0 Å². The number of carbonyl (C=O) groups is 2. The van der Waals surface area contributed by atoms with Crippen molar-refractivity contribution in [2.45, 2.75) is 38.8 Å². The number of nitrogens with one attached hydrogen (secondary N) is 2. The van der Waals surface area contributed by atoms with E-state index >= 15 is 0 Å². The first-order valence-corrected chi connectivity index (χ1v) is 7.01. The van der Waals surface area contributed by atoms with E-state index in [1.165, 1.54) is 0 Å². The summed E-state index contributed by atoms with van der Waals surface area (Å²) in [5.41, 5.74) is 0.743. The minimum atomic E-state index is -0.360. The topological polar surface area (TPSA) is 61.4 Å². The van der Waals surface area contributed by atoms with Crippen molar-refractivity contribution in [1.29, 1.82) is 0 Å². The minimum Gasteiger partial charge on any atom is -0.352 e. The summed E-state index contributed by atoms with van der Waals surface area (Å²) in [5, 5.41) is 5.70. The van der Waals surface area contributed by atoms with Gasteiger partial charge in [0, 0.05) is 18.3 Å². The molecule has 1 aromatic rings. The predicted molar refractivity (Wildman–Crippen MR) is 78.5 cm³/mol. The normalized spacial score (nSPS) is 18.1. The Morgan fingerprint density at radius 1 is 1.25 bits per heavy atom. The van der Waals surface area contributed by atoms with Crippen LogP contribution in [-0.2, 0) is 4.79 Å². The first-order valence-electron chi connectivity index (χ1n) is 7.01. The van der Waals surface area contributed by atoms with E-state index in [0.717, 1.165) is 18.5 Å². The first kappa shape index (κ1) is 14.4. The van der Waals surface area contributed by atoms with Crippen LogP contribution in [0.25, 0.3) is 0 Å². The maximum Gasteiger partial charge on any atom is 0.322 e. The van der Waals surface area contributed by atoms with Gasteiger partial charge in [-0.2, -0.15) is 0 Å². The molecule has 5 heteroatoms. The SMILES string of the molecule is CC(C)NC(=O)[C@H]1CCCN1C(=O)Nc1ccccc1.